The van der Waals surface area contributed by atoms with E-state index in [9.17, 15) is 9.18 Å². The van der Waals surface area contributed by atoms with Crippen LogP contribution < -0.4 is 0 Å². The molecule has 1 saturated heterocycles. The third kappa shape index (κ3) is 2.47. The summed E-state index contributed by atoms with van der Waals surface area (Å²) in [6.07, 6.45) is 4.87. The predicted octanol–water partition coefficient (Wildman–Crippen LogP) is 3.23. The zero-order valence-electron chi connectivity index (χ0n) is 9.78. The molecule has 18 heavy (non-hydrogen) atoms. The van der Waals surface area contributed by atoms with E-state index >= 15 is 0 Å². The third-order valence-electron chi connectivity index (χ3n) is 3.52. The molecule has 1 fully saturated rings. The summed E-state index contributed by atoms with van der Waals surface area (Å²) in [5.41, 5.74) is 0. The molecule has 1 aliphatic heterocycles. The Morgan fingerprint density at radius 3 is 2.94 bits per heavy atom. The fourth-order valence-electron chi connectivity index (χ4n) is 2.55. The van der Waals surface area contributed by atoms with Crippen LogP contribution in [0.25, 0.3) is 0 Å². The van der Waals surface area contributed by atoms with Gasteiger partial charge in [-0.25, -0.2) is 4.39 Å². The molecule has 3 atom stereocenters. The molecule has 0 spiro atoms. The van der Waals surface area contributed by atoms with Gasteiger partial charge in [0.15, 0.2) is 0 Å². The van der Waals surface area contributed by atoms with E-state index in [1.807, 2.05) is 0 Å². The van der Waals surface area contributed by atoms with E-state index in [4.69, 9.17) is 23.2 Å². The van der Waals surface area contributed by atoms with E-state index in [0.29, 0.717) is 18.1 Å². The molecular formula is C13H14Cl2FNO. The van der Waals surface area contributed by atoms with Crippen LogP contribution in [0, 0.1) is 11.8 Å². The van der Waals surface area contributed by atoms with Crippen LogP contribution in [0.5, 0.6) is 0 Å². The monoisotopic (exact) mass is 289 g/mol. The molecule has 2 unspecified atom stereocenters. The molecule has 0 saturated carbocycles. The Morgan fingerprint density at radius 1 is 1.56 bits per heavy atom. The van der Waals surface area contributed by atoms with Gasteiger partial charge in [-0.1, -0.05) is 18.2 Å². The highest BCUT2D eigenvalue weighted by atomic mass is 35.5. The first-order valence-corrected chi connectivity index (χ1v) is 6.64. The Morgan fingerprint density at radius 2 is 2.28 bits per heavy atom. The van der Waals surface area contributed by atoms with Gasteiger partial charge in [-0.05, 0) is 30.6 Å². The second-order valence-corrected chi connectivity index (χ2v) is 5.47. The Balaban J connectivity index is 2.10. The number of allylic oxidation sites excluding steroid dienone is 4. The van der Waals surface area contributed by atoms with Crippen molar-refractivity contribution in [2.75, 3.05) is 13.1 Å². The maximum atomic E-state index is 13.9. The lowest BCUT2D eigenvalue weighted by Crippen LogP contribution is -2.31. The summed E-state index contributed by atoms with van der Waals surface area (Å²) in [6.45, 7) is 4.57. The maximum Gasteiger partial charge on any atom is 0.245 e. The van der Waals surface area contributed by atoms with E-state index in [1.165, 1.54) is 18.2 Å². The quantitative estimate of drug-likeness (QED) is 0.565. The zero-order valence-corrected chi connectivity index (χ0v) is 11.3. The van der Waals surface area contributed by atoms with Crippen molar-refractivity contribution < 1.29 is 9.18 Å². The van der Waals surface area contributed by atoms with Crippen molar-refractivity contribution in [3.8, 4) is 0 Å². The van der Waals surface area contributed by atoms with Crippen molar-refractivity contribution in [2.45, 2.75) is 11.8 Å². The molecule has 0 bridgehead atoms. The van der Waals surface area contributed by atoms with Gasteiger partial charge in [-0.15, -0.1) is 11.6 Å². The second-order valence-electron chi connectivity index (χ2n) is 4.57. The standard InChI is InChI=1S/C13H14Cl2FNO/c1-2-11(18)17-6-5-8(7-17)12-10(16)4-3-9(14)13(12)15/h2-4,8,12-13H,1,5-7H2/t8-,12?,13?/m0/s1. The summed E-state index contributed by atoms with van der Waals surface area (Å²) in [5.74, 6) is -0.801. The zero-order chi connectivity index (χ0) is 13.3. The molecule has 0 N–H and O–H groups in total. The molecule has 2 aliphatic rings. The molecule has 2 nitrogen and oxygen atoms in total. The predicted molar refractivity (Wildman–Crippen MR) is 71.1 cm³/mol. The van der Waals surface area contributed by atoms with E-state index in [-0.39, 0.29) is 17.7 Å². The van der Waals surface area contributed by atoms with Gasteiger partial charge < -0.3 is 4.90 Å². The SMILES string of the molecule is C=CC(=O)N1CC[C@H](C2C(F)=CC=C(Cl)C2Cl)C1. The highest BCUT2D eigenvalue weighted by Crippen LogP contribution is 2.41. The van der Waals surface area contributed by atoms with Gasteiger partial charge in [0, 0.05) is 24.0 Å². The highest BCUT2D eigenvalue weighted by Gasteiger charge is 2.39. The Labute approximate surface area is 116 Å². The van der Waals surface area contributed by atoms with E-state index in [0.717, 1.165) is 6.42 Å². The molecule has 5 heteroatoms. The summed E-state index contributed by atoms with van der Waals surface area (Å²) in [6, 6.07) is 0. The van der Waals surface area contributed by atoms with Crippen molar-refractivity contribution in [1.82, 2.24) is 4.90 Å². The number of carbonyl (C=O) groups excluding carboxylic acids is 1. The van der Waals surface area contributed by atoms with Crippen molar-refractivity contribution in [1.29, 1.82) is 0 Å². The number of nitrogens with zero attached hydrogens (tertiary/aromatic N) is 1. The van der Waals surface area contributed by atoms with E-state index in [1.54, 1.807) is 4.90 Å². The second kappa shape index (κ2) is 5.45. The van der Waals surface area contributed by atoms with Gasteiger partial charge in [0.2, 0.25) is 5.91 Å². The molecule has 2 rings (SSSR count). The van der Waals surface area contributed by atoms with Crippen molar-refractivity contribution in [2.24, 2.45) is 11.8 Å². The van der Waals surface area contributed by atoms with Crippen LogP contribution >= 0.6 is 23.2 Å². The summed E-state index contributed by atoms with van der Waals surface area (Å²) in [7, 11) is 0. The number of hydrogen-bond donors (Lipinski definition) is 0. The Kier molecular flexibility index (Phi) is 4.13. The van der Waals surface area contributed by atoms with Gasteiger partial charge in [0.25, 0.3) is 0 Å². The molecule has 0 aromatic carbocycles. The van der Waals surface area contributed by atoms with Gasteiger partial charge in [0.05, 0.1) is 5.38 Å². The van der Waals surface area contributed by atoms with Crippen molar-refractivity contribution in [3.05, 3.63) is 35.7 Å². The van der Waals surface area contributed by atoms with Crippen LogP contribution in [0.3, 0.4) is 0 Å². The van der Waals surface area contributed by atoms with Crippen LogP contribution in [-0.2, 0) is 4.79 Å². The lowest BCUT2D eigenvalue weighted by Gasteiger charge is -2.28. The molecule has 0 radical (unpaired) electrons. The molecule has 0 aromatic rings. The molecule has 0 aromatic heterocycles. The van der Waals surface area contributed by atoms with Crippen LogP contribution in [0.2, 0.25) is 0 Å². The van der Waals surface area contributed by atoms with E-state index in [2.05, 4.69) is 6.58 Å². The topological polar surface area (TPSA) is 20.3 Å². The normalized spacial score (nSPS) is 31.9. The lowest BCUT2D eigenvalue weighted by molar-refractivity contribution is -0.125. The average molecular weight is 290 g/mol. The molecule has 1 heterocycles. The number of carbonyl (C=O) groups is 1. The number of amides is 1. The minimum absolute atomic E-state index is 0.00935. The van der Waals surface area contributed by atoms with Crippen LogP contribution in [0.1, 0.15) is 6.42 Å². The number of rotatable bonds is 2. The minimum atomic E-state index is -0.541. The Bertz CT molecular complexity index is 433. The molecule has 98 valence electrons. The number of alkyl halides is 1. The maximum absolute atomic E-state index is 13.9. The fourth-order valence-corrected chi connectivity index (χ4v) is 3.14. The average Bonchev–Trinajstić information content (AvgIpc) is 2.83. The fraction of sp³-hybridized carbons (Fsp3) is 0.462. The van der Waals surface area contributed by atoms with Crippen LogP contribution in [0.4, 0.5) is 4.39 Å². The van der Waals surface area contributed by atoms with Gasteiger partial charge in [0.1, 0.15) is 5.83 Å². The van der Waals surface area contributed by atoms with Crippen molar-refractivity contribution in [3.63, 3.8) is 0 Å². The third-order valence-corrected chi connectivity index (χ3v) is 4.50. The first kappa shape index (κ1) is 13.6. The summed E-state index contributed by atoms with van der Waals surface area (Å²) in [4.78, 5) is 13.2. The summed E-state index contributed by atoms with van der Waals surface area (Å²) >= 11 is 12.1. The van der Waals surface area contributed by atoms with Crippen LogP contribution in [0.15, 0.2) is 35.7 Å². The van der Waals surface area contributed by atoms with Gasteiger partial charge in [-0.3, -0.25) is 4.79 Å². The largest absolute Gasteiger partial charge is 0.339 e. The first-order chi connectivity index (χ1) is 8.54. The van der Waals surface area contributed by atoms with E-state index < -0.39 is 11.3 Å². The smallest absolute Gasteiger partial charge is 0.245 e. The summed E-state index contributed by atoms with van der Waals surface area (Å²) < 4.78 is 13.9. The molecular weight excluding hydrogens is 276 g/mol. The highest BCUT2D eigenvalue weighted by molar-refractivity contribution is 6.37. The van der Waals surface area contributed by atoms with Gasteiger partial charge >= 0.3 is 0 Å². The van der Waals surface area contributed by atoms with Gasteiger partial charge in [-0.2, -0.15) is 0 Å². The van der Waals surface area contributed by atoms with Crippen LogP contribution in [-0.4, -0.2) is 29.3 Å². The molecule has 1 aliphatic carbocycles. The first-order valence-electron chi connectivity index (χ1n) is 5.82. The van der Waals surface area contributed by atoms with Crippen molar-refractivity contribution >= 4 is 29.1 Å². The number of likely N-dealkylation sites (tertiary alicyclic amines) is 1. The molecule has 1 amide bonds. The lowest BCUT2D eigenvalue weighted by atomic mass is 9.85. The Hall–Kier alpha value is -0.800. The summed E-state index contributed by atoms with van der Waals surface area (Å²) in [5, 5.41) is -0.0861. The number of halogens is 3. The minimum Gasteiger partial charge on any atom is -0.339 e. The number of hydrogen-bond acceptors (Lipinski definition) is 1.